The number of hydrogen-bond acceptors (Lipinski definition) is 14. The minimum absolute atomic E-state index is 0.00275. The van der Waals surface area contributed by atoms with Gasteiger partial charge in [-0.15, -0.1) is 0 Å². The number of pyridine rings is 1. The smallest absolute Gasteiger partial charge is 0.355 e. The lowest BCUT2D eigenvalue weighted by Gasteiger charge is -2.38. The van der Waals surface area contributed by atoms with Crippen LogP contribution in [0.4, 0.5) is 21.0 Å². The van der Waals surface area contributed by atoms with E-state index in [-0.39, 0.29) is 53.7 Å². The van der Waals surface area contributed by atoms with Crippen molar-refractivity contribution in [2.24, 2.45) is 11.8 Å². The molecule has 11 rings (SSSR count). The average Bonchev–Trinajstić information content (AvgIpc) is 4.04. The largest absolute Gasteiger partial charge is 0.493 e. The molecule has 3 N–H and O–H groups in total. The Bertz CT molecular complexity index is 3390. The second-order valence-electron chi connectivity index (χ2n) is 20.7. The van der Waals surface area contributed by atoms with Crippen molar-refractivity contribution in [2.45, 2.75) is 65.0 Å². The van der Waals surface area contributed by atoms with Gasteiger partial charge < -0.3 is 24.5 Å². The number of nitrogens with one attached hydrogen (secondary N) is 2. The average molecular weight is 1080 g/mol. The number of nitrogens with zero attached hydrogens (tertiary/aromatic N) is 7. The monoisotopic (exact) mass is 1080 g/mol. The van der Waals surface area contributed by atoms with Crippen molar-refractivity contribution in [1.82, 2.24) is 30.0 Å². The maximum atomic E-state index is 15.5. The molecule has 4 aromatic carbocycles. The first-order valence-electron chi connectivity index (χ1n) is 26.5. The first-order chi connectivity index (χ1) is 37.7. The van der Waals surface area contributed by atoms with Gasteiger partial charge in [0.1, 0.15) is 23.4 Å². The number of rotatable bonds is 14. The lowest BCUT2D eigenvalue weighted by atomic mass is 9.84. The fourth-order valence-electron chi connectivity index (χ4n) is 11.6. The number of imide groups is 2. The van der Waals surface area contributed by atoms with Gasteiger partial charge in [-0.05, 0) is 135 Å². The van der Waals surface area contributed by atoms with E-state index in [2.05, 4.69) is 27.4 Å². The van der Waals surface area contributed by atoms with Crippen molar-refractivity contribution in [3.63, 3.8) is 0 Å². The predicted molar refractivity (Wildman–Crippen MR) is 290 cm³/mol. The van der Waals surface area contributed by atoms with Gasteiger partial charge >= 0.3 is 5.97 Å². The number of piperidine rings is 2. The van der Waals surface area contributed by atoms with E-state index >= 15 is 4.39 Å². The highest BCUT2D eigenvalue weighted by Gasteiger charge is 2.45. The van der Waals surface area contributed by atoms with Crippen LogP contribution in [0.2, 0.25) is 0 Å². The molecule has 2 atom stereocenters. The third kappa shape index (κ3) is 10.3. The summed E-state index contributed by atoms with van der Waals surface area (Å²) < 4.78 is 22.9. The van der Waals surface area contributed by atoms with Crippen LogP contribution in [0.5, 0.6) is 5.75 Å². The van der Waals surface area contributed by atoms with E-state index in [1.54, 1.807) is 21.9 Å². The molecule has 5 aliphatic heterocycles. The molecule has 6 amide bonds. The number of hydrogen-bond donors (Lipinski definition) is 3. The number of carboxylic acid groups (broad SMARTS) is 1. The number of carboxylic acids is 1. The maximum absolute atomic E-state index is 15.5. The fourth-order valence-corrected chi connectivity index (χ4v) is 12.5. The molecule has 3 saturated heterocycles. The number of likely N-dealkylation sites (tertiary alicyclic amines) is 1. The number of benzene rings is 4. The van der Waals surface area contributed by atoms with Crippen molar-refractivity contribution < 1.29 is 47.8 Å². The lowest BCUT2D eigenvalue weighted by Crippen LogP contribution is -2.54. The van der Waals surface area contributed by atoms with E-state index in [4.69, 9.17) is 9.72 Å². The van der Waals surface area contributed by atoms with Crippen LogP contribution in [-0.2, 0) is 27.3 Å². The first-order valence-corrected chi connectivity index (χ1v) is 27.3. The first kappa shape index (κ1) is 52.0. The number of piperazine rings is 1. The number of halogens is 1. The Balaban J connectivity index is 0.649. The molecule has 0 aliphatic carbocycles. The normalized spacial score (nSPS) is 18.5. The summed E-state index contributed by atoms with van der Waals surface area (Å²) in [4.78, 5) is 109. The number of fused-ring (bicyclic) bond motifs is 3. The molecule has 78 heavy (non-hydrogen) atoms. The molecule has 3 fully saturated rings. The highest BCUT2D eigenvalue weighted by Crippen LogP contribution is 2.37. The summed E-state index contributed by atoms with van der Waals surface area (Å²) in [5, 5.41) is 16.2. The molecular weight excluding hydrogens is 1020 g/mol. The summed E-state index contributed by atoms with van der Waals surface area (Å²) in [6.45, 7) is 8.82. The fraction of sp³-hybridized carbons (Fsp3) is 0.362. The Labute approximate surface area is 453 Å². The Hall–Kier alpha value is -8.10. The van der Waals surface area contributed by atoms with Gasteiger partial charge in [-0.1, -0.05) is 54.7 Å². The minimum atomic E-state index is -1.15. The minimum Gasteiger partial charge on any atom is -0.493 e. The van der Waals surface area contributed by atoms with E-state index in [1.165, 1.54) is 17.4 Å². The van der Waals surface area contributed by atoms with Crippen LogP contribution in [0.15, 0.2) is 84.9 Å². The predicted octanol–water partition coefficient (Wildman–Crippen LogP) is 7.19. The van der Waals surface area contributed by atoms with Gasteiger partial charge in [0.2, 0.25) is 17.7 Å². The molecule has 402 valence electrons. The Morgan fingerprint density at radius 1 is 0.821 bits per heavy atom. The molecular formula is C58H58FN9O9S. The van der Waals surface area contributed by atoms with Crippen LogP contribution in [0, 0.1) is 24.6 Å². The third-order valence-electron chi connectivity index (χ3n) is 16.1. The topological polar surface area (TPSA) is 215 Å². The number of thiazole rings is 1. The number of ether oxygens (including phenoxy) is 1. The van der Waals surface area contributed by atoms with Gasteiger partial charge in [0.25, 0.3) is 17.7 Å². The molecule has 20 heteroatoms. The summed E-state index contributed by atoms with van der Waals surface area (Å²) in [5.74, 6) is -2.80. The highest BCUT2D eigenvalue weighted by atomic mass is 32.1. The third-order valence-corrected chi connectivity index (χ3v) is 17.1. The van der Waals surface area contributed by atoms with Crippen LogP contribution in [-0.4, -0.2) is 136 Å². The number of para-hydroxylation sites is 1. The molecule has 2 aromatic heterocycles. The van der Waals surface area contributed by atoms with E-state index in [0.717, 1.165) is 70.2 Å². The van der Waals surface area contributed by atoms with Crippen LogP contribution >= 0.6 is 11.3 Å². The molecule has 7 heterocycles. The summed E-state index contributed by atoms with van der Waals surface area (Å²) in [6, 6.07) is 24.0. The maximum Gasteiger partial charge on any atom is 0.355 e. The molecule has 0 saturated carbocycles. The Morgan fingerprint density at radius 3 is 2.33 bits per heavy atom. The Kier molecular flexibility index (Phi) is 14.5. The van der Waals surface area contributed by atoms with Gasteiger partial charge in [0.05, 0.1) is 40.2 Å². The second kappa shape index (κ2) is 21.7. The second-order valence-corrected chi connectivity index (χ2v) is 21.8. The van der Waals surface area contributed by atoms with Gasteiger partial charge in [-0.3, -0.25) is 49.2 Å². The molecule has 18 nitrogen and oxygen atoms in total. The number of carbonyl (C=O) groups excluding carboxylic acids is 6. The quantitative estimate of drug-likeness (QED) is 0.0922. The van der Waals surface area contributed by atoms with Gasteiger partial charge in [-0.2, -0.15) is 0 Å². The number of amides is 6. The van der Waals surface area contributed by atoms with E-state index in [0.29, 0.717) is 97.5 Å². The van der Waals surface area contributed by atoms with E-state index in [9.17, 15) is 38.7 Å². The van der Waals surface area contributed by atoms with Crippen LogP contribution in [0.1, 0.15) is 97.3 Å². The summed E-state index contributed by atoms with van der Waals surface area (Å²) >= 11 is 1.42. The standard InChI is InChI=1S/C58H58FN9O9S/c1-33(35-17-21-64(22-18-35)32-51(70)66-26-24-65(25-27-66)46-30-41-40(29-43(46)59)55(73)68(56(41)74)45-14-16-50(69)62-54(45)72)20-28-77-47-11-6-8-37(34(47)2)38-13-15-49(61-52(38)57(75)76)67-23-19-36-7-5-9-39(42(36)31-67)53(71)63-58-60-44-10-3-4-12-48(44)78-58/h3-13,15,29-30,33,35,45H,14,16-28,31-32H2,1-2H3,(H,75,76)(H,60,63,71)(H,62,69,72)/t33-,45?/m1/s1. The van der Waals surface area contributed by atoms with Gasteiger partial charge in [-0.25, -0.2) is 19.2 Å². The molecule has 0 radical (unpaired) electrons. The molecule has 0 bridgehead atoms. The van der Waals surface area contributed by atoms with Crippen molar-refractivity contribution in [3.05, 3.63) is 130 Å². The number of anilines is 3. The van der Waals surface area contributed by atoms with Crippen molar-refractivity contribution in [3.8, 4) is 16.9 Å². The zero-order valence-corrected chi connectivity index (χ0v) is 44.1. The number of aromatic carboxylic acids is 1. The SMILES string of the molecule is Cc1c(OCC[C@@H](C)C2CCN(CC(=O)N3CCN(c4cc5c(cc4F)C(=O)N(C4CCC(=O)NC4=O)C5=O)CC3)CC2)cccc1-c1ccc(N2CCc3cccc(C(=O)Nc4nc5ccccc5s4)c3C2)nc1C(=O)O. The number of carbonyl (C=O) groups is 7. The van der Waals surface area contributed by atoms with Crippen LogP contribution in [0.3, 0.4) is 0 Å². The van der Waals surface area contributed by atoms with Crippen molar-refractivity contribution in [1.29, 1.82) is 0 Å². The van der Waals surface area contributed by atoms with E-state index in [1.807, 2.05) is 72.5 Å². The summed E-state index contributed by atoms with van der Waals surface area (Å²) in [6.07, 6.45) is 3.32. The zero-order chi connectivity index (χ0) is 54.4. The van der Waals surface area contributed by atoms with Crippen molar-refractivity contribution >= 4 is 79.6 Å². The zero-order valence-electron chi connectivity index (χ0n) is 43.3. The molecule has 5 aliphatic rings. The molecule has 0 spiro atoms. The van der Waals surface area contributed by atoms with Gasteiger partial charge in [0.15, 0.2) is 10.8 Å². The Morgan fingerprint density at radius 2 is 1.58 bits per heavy atom. The summed E-state index contributed by atoms with van der Waals surface area (Å²) in [5.41, 5.74) is 5.24. The molecule has 6 aromatic rings. The van der Waals surface area contributed by atoms with Crippen LogP contribution < -0.4 is 25.2 Å². The number of aromatic nitrogens is 2. The van der Waals surface area contributed by atoms with Crippen LogP contribution in [0.25, 0.3) is 21.3 Å². The highest BCUT2D eigenvalue weighted by molar-refractivity contribution is 7.22. The van der Waals surface area contributed by atoms with Crippen molar-refractivity contribution in [2.75, 3.05) is 74.1 Å². The molecule has 1 unspecified atom stereocenters. The lowest BCUT2D eigenvalue weighted by molar-refractivity contribution is -0.136. The summed E-state index contributed by atoms with van der Waals surface area (Å²) in [7, 11) is 0. The van der Waals surface area contributed by atoms with Gasteiger partial charge in [0, 0.05) is 56.8 Å². The van der Waals surface area contributed by atoms with E-state index < -0.39 is 41.5 Å².